The van der Waals surface area contributed by atoms with Crippen molar-refractivity contribution in [1.29, 1.82) is 15.9 Å². The molecule has 12 heteroatoms. The molecule has 0 aliphatic carbocycles. The number of Topliss-reactive ketones (excluding diaryl/α,β-unsaturated/α-hetero) is 1. The summed E-state index contributed by atoms with van der Waals surface area (Å²) < 4.78 is 0. The highest BCUT2D eigenvalue weighted by molar-refractivity contribution is 6.04. The van der Waals surface area contributed by atoms with Crippen molar-refractivity contribution < 1.29 is 9.59 Å². The van der Waals surface area contributed by atoms with Crippen molar-refractivity contribution in [2.75, 3.05) is 41.3 Å². The van der Waals surface area contributed by atoms with E-state index in [0.717, 1.165) is 24.9 Å². The van der Waals surface area contributed by atoms with Gasteiger partial charge in [-0.3, -0.25) is 9.59 Å². The smallest absolute Gasteiger partial charge is 0.254 e. The largest absolute Gasteiger partial charge is 0.365 e. The summed E-state index contributed by atoms with van der Waals surface area (Å²) >= 11 is 0. The van der Waals surface area contributed by atoms with Crippen molar-refractivity contribution >= 4 is 41.2 Å². The zero-order valence-electron chi connectivity index (χ0n) is 21.1. The van der Waals surface area contributed by atoms with Gasteiger partial charge in [0.2, 0.25) is 5.95 Å². The van der Waals surface area contributed by atoms with Crippen LogP contribution in [0.4, 0.5) is 23.3 Å². The van der Waals surface area contributed by atoms with E-state index in [4.69, 9.17) is 21.7 Å². The summed E-state index contributed by atoms with van der Waals surface area (Å²) in [4.78, 5) is 41.9. The number of carbonyl (C=O) groups excluding carboxylic acids is 2. The molecule has 12 nitrogen and oxygen atoms in total. The molecule has 2 aromatic rings. The Kier molecular flexibility index (Phi) is 8.44. The Morgan fingerprint density at radius 3 is 2.37 bits per heavy atom. The number of amides is 1. The molecule has 2 aliphatic rings. The molecule has 0 atom stereocenters. The summed E-state index contributed by atoms with van der Waals surface area (Å²) in [6.45, 7) is 2.70. The molecule has 0 radical (unpaired) electrons. The minimum Gasteiger partial charge on any atom is -0.365 e. The van der Waals surface area contributed by atoms with E-state index in [-0.39, 0.29) is 35.2 Å². The van der Waals surface area contributed by atoms with Crippen LogP contribution in [0.15, 0.2) is 18.3 Å². The average molecular weight is 515 g/mol. The van der Waals surface area contributed by atoms with E-state index in [9.17, 15) is 9.59 Å². The Labute approximate surface area is 221 Å². The minimum atomic E-state index is -0.747. The van der Waals surface area contributed by atoms with E-state index in [1.165, 1.54) is 0 Å². The van der Waals surface area contributed by atoms with E-state index in [0.29, 0.717) is 63.0 Å². The van der Waals surface area contributed by atoms with Crippen LogP contribution in [0.5, 0.6) is 0 Å². The minimum absolute atomic E-state index is 0.00460. The third-order valence-corrected chi connectivity index (χ3v) is 7.12. The van der Waals surface area contributed by atoms with Crippen LogP contribution in [-0.2, 0) is 4.79 Å². The van der Waals surface area contributed by atoms with Crippen LogP contribution in [0.1, 0.15) is 54.6 Å². The van der Waals surface area contributed by atoms with Crippen LogP contribution in [0.2, 0.25) is 0 Å². The molecule has 4 rings (SSSR count). The normalized spacial score (nSPS) is 16.4. The van der Waals surface area contributed by atoms with Crippen LogP contribution in [0.25, 0.3) is 0 Å². The first-order chi connectivity index (χ1) is 18.4. The summed E-state index contributed by atoms with van der Waals surface area (Å²) in [5, 5.41) is 28.7. The van der Waals surface area contributed by atoms with E-state index >= 15 is 0 Å². The molecular weight excluding hydrogens is 484 g/mol. The van der Waals surface area contributed by atoms with Gasteiger partial charge in [0.1, 0.15) is 28.7 Å². The third kappa shape index (κ3) is 6.03. The fourth-order valence-corrected chi connectivity index (χ4v) is 4.95. The molecule has 2 aromatic heterocycles. The Bertz CT molecular complexity index is 1260. The maximum absolute atomic E-state index is 12.3. The van der Waals surface area contributed by atoms with Gasteiger partial charge in [0.25, 0.3) is 5.91 Å². The molecule has 2 fully saturated rings. The molecule has 196 valence electrons. The van der Waals surface area contributed by atoms with Gasteiger partial charge in [-0.2, -0.15) is 15.5 Å². The lowest BCUT2D eigenvalue weighted by Gasteiger charge is -2.32. The van der Waals surface area contributed by atoms with Gasteiger partial charge in [-0.15, -0.1) is 0 Å². The molecule has 4 heterocycles. The number of nitriles is 2. The molecule has 2 saturated heterocycles. The maximum atomic E-state index is 12.3. The highest BCUT2D eigenvalue weighted by Gasteiger charge is 2.26. The van der Waals surface area contributed by atoms with Crippen LogP contribution >= 0.6 is 0 Å². The highest BCUT2D eigenvalue weighted by atomic mass is 16.1. The predicted molar refractivity (Wildman–Crippen MR) is 141 cm³/mol. The van der Waals surface area contributed by atoms with Gasteiger partial charge in [0, 0.05) is 44.7 Å². The van der Waals surface area contributed by atoms with Crippen molar-refractivity contribution in [2.45, 2.75) is 38.5 Å². The average Bonchev–Trinajstić information content (AvgIpc) is 2.93. The summed E-state index contributed by atoms with van der Waals surface area (Å²) in [5.41, 5.74) is 6.37. The van der Waals surface area contributed by atoms with Gasteiger partial charge >= 0.3 is 0 Å². The Morgan fingerprint density at radius 2 is 1.79 bits per heavy atom. The van der Waals surface area contributed by atoms with Crippen LogP contribution in [0, 0.1) is 39.9 Å². The Hall–Kier alpha value is -4.58. The molecule has 0 unspecified atom stereocenters. The zero-order chi connectivity index (χ0) is 27.1. The van der Waals surface area contributed by atoms with Crippen LogP contribution in [0.3, 0.4) is 0 Å². The number of nitrogens with two attached hydrogens (primary N) is 1. The monoisotopic (exact) mass is 514 g/mol. The number of aromatic nitrogens is 3. The number of rotatable bonds is 9. The quantitative estimate of drug-likeness (QED) is 0.419. The van der Waals surface area contributed by atoms with Gasteiger partial charge in [-0.05, 0) is 43.7 Å². The van der Waals surface area contributed by atoms with Crippen molar-refractivity contribution in [2.24, 2.45) is 17.6 Å². The van der Waals surface area contributed by atoms with Gasteiger partial charge in [-0.1, -0.05) is 0 Å². The van der Waals surface area contributed by atoms with E-state index in [2.05, 4.69) is 31.2 Å². The number of carbonyl (C=O) groups is 2. The van der Waals surface area contributed by atoms with Crippen LogP contribution in [-0.4, -0.2) is 59.0 Å². The molecule has 1 amide bonds. The predicted octanol–water partition coefficient (Wildman–Crippen LogP) is 2.54. The van der Waals surface area contributed by atoms with Gasteiger partial charge < -0.3 is 26.3 Å². The molecule has 4 N–H and O–H groups in total. The van der Waals surface area contributed by atoms with Crippen molar-refractivity contribution in [3.8, 4) is 12.1 Å². The fourth-order valence-electron chi connectivity index (χ4n) is 4.95. The summed E-state index contributed by atoms with van der Waals surface area (Å²) in [6.07, 6.45) is 6.16. The number of hydrogen-bond donors (Lipinski definition) is 3. The van der Waals surface area contributed by atoms with Gasteiger partial charge in [0.05, 0.1) is 30.4 Å². The lowest BCUT2D eigenvalue weighted by atomic mass is 9.91. The number of nitrogens with zero attached hydrogens (tertiary/aromatic N) is 7. The number of hydrogen-bond acceptors (Lipinski definition) is 11. The van der Waals surface area contributed by atoms with E-state index in [1.807, 2.05) is 23.1 Å². The zero-order valence-corrected chi connectivity index (χ0v) is 21.1. The molecule has 38 heavy (non-hydrogen) atoms. The molecule has 0 aromatic carbocycles. The number of anilines is 4. The second kappa shape index (κ2) is 12.1. The lowest BCUT2D eigenvalue weighted by Crippen LogP contribution is -2.36. The first kappa shape index (κ1) is 26.5. The Morgan fingerprint density at radius 1 is 1.08 bits per heavy atom. The van der Waals surface area contributed by atoms with Crippen LogP contribution < -0.4 is 20.9 Å². The number of nitrogens with one attached hydrogen (secondary N) is 2. The van der Waals surface area contributed by atoms with E-state index < -0.39 is 5.91 Å². The standard InChI is InChI=1S/C26H30N10O2/c27-9-3-17-5-11-36(12-6-17)26-33-20(15-29)23(24(30)38)25(34-26)32-19-1-2-22(31-16-19)35-13-7-18(8-14-35)21(37)4-10-28/h1-2,15-18,29H,3-8,11-14H2,(H2,30,38)(H,32,33,34). The lowest BCUT2D eigenvalue weighted by molar-refractivity contribution is -0.122. The number of ketones is 1. The van der Waals surface area contributed by atoms with Gasteiger partial charge in [0.15, 0.2) is 0 Å². The first-order valence-corrected chi connectivity index (χ1v) is 12.6. The Balaban J connectivity index is 1.49. The SMILES string of the molecule is N#CCC(=O)C1CCN(c2ccc(Nc3nc(N4CCC(CC#N)CC4)nc(C=N)c3C(N)=O)cn2)CC1. The third-order valence-electron chi connectivity index (χ3n) is 7.12. The topological polar surface area (TPSA) is 189 Å². The second-order valence-electron chi connectivity index (χ2n) is 9.53. The van der Waals surface area contributed by atoms with E-state index in [1.54, 1.807) is 6.20 Å². The molecular formula is C26H30N10O2. The molecule has 0 bridgehead atoms. The summed E-state index contributed by atoms with van der Waals surface area (Å²) in [7, 11) is 0. The second-order valence-corrected chi connectivity index (χ2v) is 9.53. The number of primary amides is 1. The van der Waals surface area contributed by atoms with Gasteiger partial charge in [-0.25, -0.2) is 9.97 Å². The molecule has 0 saturated carbocycles. The van der Waals surface area contributed by atoms with Crippen molar-refractivity contribution in [3.63, 3.8) is 0 Å². The first-order valence-electron chi connectivity index (χ1n) is 12.6. The molecule has 0 spiro atoms. The fraction of sp³-hybridized carbons (Fsp3) is 0.462. The van der Waals surface area contributed by atoms with Crippen molar-refractivity contribution in [3.05, 3.63) is 29.6 Å². The summed E-state index contributed by atoms with van der Waals surface area (Å²) in [5.74, 6) is 0.881. The summed E-state index contributed by atoms with van der Waals surface area (Å²) in [6, 6.07) is 7.83. The number of pyridine rings is 1. The van der Waals surface area contributed by atoms with Crippen molar-refractivity contribution in [1.82, 2.24) is 15.0 Å². The highest BCUT2D eigenvalue weighted by Crippen LogP contribution is 2.28. The number of piperidine rings is 2. The maximum Gasteiger partial charge on any atom is 0.254 e. The molecule has 2 aliphatic heterocycles.